The van der Waals surface area contributed by atoms with E-state index >= 15 is 0 Å². The van der Waals surface area contributed by atoms with Gasteiger partial charge in [-0.2, -0.15) is 0 Å². The zero-order valence-corrected chi connectivity index (χ0v) is 16.2. The molecule has 0 aromatic heterocycles. The van der Waals surface area contributed by atoms with Crippen LogP contribution in [0.2, 0.25) is 0 Å². The minimum absolute atomic E-state index is 0.197. The first-order chi connectivity index (χ1) is 11.2. The summed E-state index contributed by atoms with van der Waals surface area (Å²) in [4.78, 5) is 2.68. The van der Waals surface area contributed by atoms with E-state index in [9.17, 15) is 8.42 Å². The number of rotatable bonds is 6. The molecule has 5 nitrogen and oxygen atoms in total. The molecular weight excluding hydrogens is 324 g/mol. The standard InChI is InChI=1S/C18H30N2O3S/c1-13-7-6-8-20(12-13)16(4)11-19-24(21,22)17-9-14(2)18(23-5)15(3)10-17/h9-10,13,16,19H,6-8,11-12H2,1-5H3. The van der Waals surface area contributed by atoms with Crippen LogP contribution in [0.5, 0.6) is 5.75 Å². The van der Waals surface area contributed by atoms with Crippen LogP contribution in [0, 0.1) is 19.8 Å². The van der Waals surface area contributed by atoms with Gasteiger partial charge in [-0.25, -0.2) is 13.1 Å². The molecule has 0 aliphatic carbocycles. The van der Waals surface area contributed by atoms with Crippen molar-refractivity contribution in [2.75, 3.05) is 26.7 Å². The van der Waals surface area contributed by atoms with Crippen molar-refractivity contribution in [2.45, 2.75) is 51.5 Å². The summed E-state index contributed by atoms with van der Waals surface area (Å²) in [5.74, 6) is 1.43. The molecule has 1 aliphatic rings. The molecule has 1 fully saturated rings. The SMILES string of the molecule is COc1c(C)cc(S(=O)(=O)NCC(C)N2CCCC(C)C2)cc1C. The predicted molar refractivity (Wildman–Crippen MR) is 97.1 cm³/mol. The Morgan fingerprint density at radius 3 is 2.50 bits per heavy atom. The quantitative estimate of drug-likeness (QED) is 0.853. The Hall–Kier alpha value is -1.11. The van der Waals surface area contributed by atoms with E-state index in [0.717, 1.165) is 30.0 Å². The van der Waals surface area contributed by atoms with Gasteiger partial charge in [-0.15, -0.1) is 0 Å². The van der Waals surface area contributed by atoms with E-state index in [4.69, 9.17) is 4.74 Å². The van der Waals surface area contributed by atoms with Crippen molar-refractivity contribution in [1.82, 2.24) is 9.62 Å². The Balaban J connectivity index is 2.06. The van der Waals surface area contributed by atoms with E-state index < -0.39 is 10.0 Å². The maximum atomic E-state index is 12.6. The Morgan fingerprint density at radius 1 is 1.33 bits per heavy atom. The van der Waals surface area contributed by atoms with Crippen molar-refractivity contribution >= 4 is 10.0 Å². The molecule has 1 aromatic carbocycles. The largest absolute Gasteiger partial charge is 0.496 e. The summed E-state index contributed by atoms with van der Waals surface area (Å²) in [6, 6.07) is 3.53. The van der Waals surface area contributed by atoms with Gasteiger partial charge >= 0.3 is 0 Å². The molecule has 2 unspecified atom stereocenters. The number of methoxy groups -OCH3 is 1. The smallest absolute Gasteiger partial charge is 0.240 e. The van der Waals surface area contributed by atoms with E-state index in [1.807, 2.05) is 13.8 Å². The number of sulfonamides is 1. The van der Waals surface area contributed by atoms with E-state index in [-0.39, 0.29) is 6.04 Å². The van der Waals surface area contributed by atoms with Crippen LogP contribution in [-0.4, -0.2) is 46.1 Å². The van der Waals surface area contributed by atoms with E-state index in [1.54, 1.807) is 19.2 Å². The molecule has 0 amide bonds. The molecular formula is C18H30N2O3S. The van der Waals surface area contributed by atoms with E-state index in [1.165, 1.54) is 12.8 Å². The van der Waals surface area contributed by atoms with Crippen molar-refractivity contribution in [3.05, 3.63) is 23.3 Å². The van der Waals surface area contributed by atoms with Gasteiger partial charge in [0.25, 0.3) is 0 Å². The van der Waals surface area contributed by atoms with Crippen LogP contribution >= 0.6 is 0 Å². The third-order valence-electron chi connectivity index (χ3n) is 4.83. The van der Waals surface area contributed by atoms with Gasteiger partial charge in [-0.05, 0) is 69.3 Å². The summed E-state index contributed by atoms with van der Waals surface area (Å²) in [5, 5.41) is 0. The molecule has 24 heavy (non-hydrogen) atoms. The molecule has 1 aromatic rings. The lowest BCUT2D eigenvalue weighted by atomic mass is 9.99. The number of hydrogen-bond donors (Lipinski definition) is 1. The van der Waals surface area contributed by atoms with Gasteiger partial charge in [-0.1, -0.05) is 6.92 Å². The first kappa shape index (κ1) is 19.2. The fraction of sp³-hybridized carbons (Fsp3) is 0.667. The molecule has 136 valence electrons. The van der Waals surface area contributed by atoms with Gasteiger partial charge in [0.1, 0.15) is 5.75 Å². The zero-order valence-electron chi connectivity index (χ0n) is 15.4. The van der Waals surface area contributed by atoms with Gasteiger partial charge < -0.3 is 4.74 Å². The number of benzene rings is 1. The number of piperidine rings is 1. The summed E-state index contributed by atoms with van der Waals surface area (Å²) in [6.45, 7) is 10.6. The minimum atomic E-state index is -3.51. The van der Waals surface area contributed by atoms with E-state index in [2.05, 4.69) is 23.5 Å². The van der Waals surface area contributed by atoms with E-state index in [0.29, 0.717) is 17.4 Å². The summed E-state index contributed by atoms with van der Waals surface area (Å²) in [5.41, 5.74) is 1.66. The summed E-state index contributed by atoms with van der Waals surface area (Å²) in [6.07, 6.45) is 2.45. The van der Waals surface area contributed by atoms with Gasteiger partial charge in [0.05, 0.1) is 12.0 Å². The Bertz CT molecular complexity index is 650. The molecule has 1 N–H and O–H groups in total. The van der Waals surface area contributed by atoms with Crippen LogP contribution in [0.4, 0.5) is 0 Å². The first-order valence-electron chi connectivity index (χ1n) is 8.63. The maximum absolute atomic E-state index is 12.6. The van der Waals surface area contributed by atoms with Gasteiger partial charge in [0.2, 0.25) is 10.0 Å². The average Bonchev–Trinajstić information content (AvgIpc) is 2.52. The molecule has 1 heterocycles. The first-order valence-corrected chi connectivity index (χ1v) is 10.1. The highest BCUT2D eigenvalue weighted by molar-refractivity contribution is 7.89. The van der Waals surface area contributed by atoms with Crippen molar-refractivity contribution in [3.8, 4) is 5.75 Å². The lowest BCUT2D eigenvalue weighted by Crippen LogP contribution is -2.46. The molecule has 0 saturated carbocycles. The molecule has 2 rings (SSSR count). The number of ether oxygens (including phenoxy) is 1. The topological polar surface area (TPSA) is 58.6 Å². The predicted octanol–water partition coefficient (Wildman–Crippen LogP) is 2.71. The fourth-order valence-electron chi connectivity index (χ4n) is 3.46. The monoisotopic (exact) mass is 354 g/mol. The second-order valence-corrected chi connectivity index (χ2v) is 8.80. The maximum Gasteiger partial charge on any atom is 0.240 e. The summed E-state index contributed by atoms with van der Waals surface area (Å²) >= 11 is 0. The van der Waals surface area contributed by atoms with Crippen molar-refractivity contribution < 1.29 is 13.2 Å². The number of nitrogens with one attached hydrogen (secondary N) is 1. The molecule has 0 bridgehead atoms. The zero-order chi connectivity index (χ0) is 17.9. The Labute approximate surface area is 146 Å². The molecule has 1 aliphatic heterocycles. The third kappa shape index (κ3) is 4.49. The summed E-state index contributed by atoms with van der Waals surface area (Å²) in [7, 11) is -1.91. The number of aryl methyl sites for hydroxylation is 2. The average molecular weight is 355 g/mol. The third-order valence-corrected chi connectivity index (χ3v) is 6.23. The highest BCUT2D eigenvalue weighted by Crippen LogP contribution is 2.26. The second-order valence-electron chi connectivity index (χ2n) is 7.03. The van der Waals surface area contributed by atoms with Crippen LogP contribution in [0.3, 0.4) is 0 Å². The number of hydrogen-bond acceptors (Lipinski definition) is 4. The Morgan fingerprint density at radius 2 is 1.96 bits per heavy atom. The molecule has 6 heteroatoms. The van der Waals surface area contributed by atoms with Crippen LogP contribution in [0.25, 0.3) is 0 Å². The van der Waals surface area contributed by atoms with Crippen molar-refractivity contribution in [3.63, 3.8) is 0 Å². The second kappa shape index (κ2) is 7.85. The number of likely N-dealkylation sites (tertiary alicyclic amines) is 1. The van der Waals surface area contributed by atoms with Crippen LogP contribution in [0.15, 0.2) is 17.0 Å². The molecule has 0 radical (unpaired) electrons. The van der Waals surface area contributed by atoms with Gasteiger partial charge in [0, 0.05) is 19.1 Å². The molecule has 0 spiro atoms. The fourth-order valence-corrected chi connectivity index (χ4v) is 4.75. The minimum Gasteiger partial charge on any atom is -0.496 e. The summed E-state index contributed by atoms with van der Waals surface area (Å²) < 4.78 is 33.3. The Kier molecular flexibility index (Phi) is 6.28. The highest BCUT2D eigenvalue weighted by atomic mass is 32.2. The van der Waals surface area contributed by atoms with Gasteiger partial charge in [0.15, 0.2) is 0 Å². The lowest BCUT2D eigenvalue weighted by Gasteiger charge is -2.35. The molecule has 1 saturated heterocycles. The van der Waals surface area contributed by atoms with Crippen LogP contribution < -0.4 is 9.46 Å². The van der Waals surface area contributed by atoms with Gasteiger partial charge in [-0.3, -0.25) is 4.90 Å². The molecule has 2 atom stereocenters. The lowest BCUT2D eigenvalue weighted by molar-refractivity contribution is 0.140. The van der Waals surface area contributed by atoms with Crippen LogP contribution in [-0.2, 0) is 10.0 Å². The highest BCUT2D eigenvalue weighted by Gasteiger charge is 2.23. The van der Waals surface area contributed by atoms with Crippen LogP contribution in [0.1, 0.15) is 37.8 Å². The van der Waals surface area contributed by atoms with Crippen molar-refractivity contribution in [2.24, 2.45) is 5.92 Å². The number of nitrogens with zero attached hydrogens (tertiary/aromatic N) is 1. The van der Waals surface area contributed by atoms with Crippen molar-refractivity contribution in [1.29, 1.82) is 0 Å². The normalized spacial score (nSPS) is 20.8.